The molecule has 236 valence electrons. The fraction of sp³-hybridized carbons (Fsp3) is 0.576. The van der Waals surface area contributed by atoms with Crippen LogP contribution < -0.4 is 4.90 Å². The third-order valence-electron chi connectivity index (χ3n) is 9.30. The Morgan fingerprint density at radius 1 is 1.05 bits per heavy atom. The van der Waals surface area contributed by atoms with Crippen LogP contribution in [0.4, 0.5) is 18.9 Å². The average Bonchev–Trinajstić information content (AvgIpc) is 2.96. The first-order valence-corrected chi connectivity index (χ1v) is 15.4. The van der Waals surface area contributed by atoms with E-state index < -0.39 is 23.2 Å². The summed E-state index contributed by atoms with van der Waals surface area (Å²) in [5.41, 5.74) is -2.04. The van der Waals surface area contributed by atoms with Crippen molar-refractivity contribution in [2.24, 2.45) is 11.3 Å². The Morgan fingerprint density at radius 3 is 2.21 bits per heavy atom. The van der Waals surface area contributed by atoms with Gasteiger partial charge in [0.2, 0.25) is 0 Å². The van der Waals surface area contributed by atoms with Crippen molar-refractivity contribution in [3.05, 3.63) is 64.2 Å². The number of rotatable bonds is 7. The topological polar surface area (TPSA) is 64.1 Å². The molecule has 2 aromatic rings. The van der Waals surface area contributed by atoms with E-state index in [1.54, 1.807) is 26.2 Å². The average molecular weight is 622 g/mol. The zero-order chi connectivity index (χ0) is 31.7. The Kier molecular flexibility index (Phi) is 9.77. The van der Waals surface area contributed by atoms with Crippen molar-refractivity contribution in [1.29, 1.82) is 0 Å². The molecule has 0 saturated carbocycles. The Balaban J connectivity index is 1.36. The van der Waals surface area contributed by atoms with E-state index in [-0.39, 0.29) is 30.3 Å². The minimum Gasteiger partial charge on any atom is -0.371 e. The number of carbonyl (C=O) groups excluding carboxylic acids is 2. The van der Waals surface area contributed by atoms with E-state index in [4.69, 9.17) is 11.6 Å². The molecule has 4 rings (SSSR count). The van der Waals surface area contributed by atoms with E-state index in [1.807, 2.05) is 26.0 Å². The number of amides is 2. The van der Waals surface area contributed by atoms with Gasteiger partial charge in [-0.1, -0.05) is 56.6 Å². The predicted octanol–water partition coefficient (Wildman–Crippen LogP) is 6.85. The van der Waals surface area contributed by atoms with Crippen molar-refractivity contribution < 1.29 is 27.9 Å². The molecular formula is C33H43ClF3N3O3. The Morgan fingerprint density at radius 2 is 1.67 bits per heavy atom. The summed E-state index contributed by atoms with van der Waals surface area (Å²) in [5, 5.41) is 11.4. The molecule has 0 aromatic heterocycles. The van der Waals surface area contributed by atoms with Gasteiger partial charge in [-0.3, -0.25) is 9.59 Å². The van der Waals surface area contributed by atoms with Crippen molar-refractivity contribution in [2.45, 2.75) is 70.6 Å². The number of likely N-dealkylation sites (tertiary alicyclic amines) is 1. The van der Waals surface area contributed by atoms with Gasteiger partial charge in [-0.15, -0.1) is 0 Å². The van der Waals surface area contributed by atoms with Gasteiger partial charge in [0.25, 0.3) is 17.4 Å². The highest BCUT2D eigenvalue weighted by Crippen LogP contribution is 2.45. The summed E-state index contributed by atoms with van der Waals surface area (Å²) in [7, 11) is 3.38. The smallest absolute Gasteiger partial charge is 0.371 e. The summed E-state index contributed by atoms with van der Waals surface area (Å²) in [6.07, 6.45) is -1.13. The lowest BCUT2D eigenvalue weighted by molar-refractivity contribution is -0.262. The van der Waals surface area contributed by atoms with Crippen LogP contribution >= 0.6 is 11.6 Å². The largest absolute Gasteiger partial charge is 0.430 e. The number of halogens is 4. The summed E-state index contributed by atoms with van der Waals surface area (Å²) in [6.45, 7) is 7.90. The highest BCUT2D eigenvalue weighted by atomic mass is 35.5. The van der Waals surface area contributed by atoms with Crippen molar-refractivity contribution in [2.75, 3.05) is 45.2 Å². The van der Waals surface area contributed by atoms with Crippen LogP contribution in [0.25, 0.3) is 0 Å². The van der Waals surface area contributed by atoms with Gasteiger partial charge in [0, 0.05) is 51.5 Å². The molecule has 2 fully saturated rings. The van der Waals surface area contributed by atoms with E-state index in [0.717, 1.165) is 38.0 Å². The maximum Gasteiger partial charge on any atom is 0.430 e. The van der Waals surface area contributed by atoms with Crippen LogP contribution in [0.3, 0.4) is 0 Å². The van der Waals surface area contributed by atoms with E-state index >= 15 is 0 Å². The van der Waals surface area contributed by atoms with Crippen LogP contribution in [0.1, 0.15) is 80.3 Å². The standard InChI is InChI=1S/C33H43ClF3N3O3/c1-22(2)24-7-6-8-25(19-24)32(43,33(35,36)37)30(42)40-17-13-31(3,14-18-40)21-23-11-15-39(16-12-23)26-9-10-27(28(34)20-26)29(41)38(4)5/h6-10,19-20,22-23,43H,11-18,21H2,1-5H3. The summed E-state index contributed by atoms with van der Waals surface area (Å²) in [5.74, 6) is -1.03. The van der Waals surface area contributed by atoms with Gasteiger partial charge in [0.1, 0.15) is 0 Å². The summed E-state index contributed by atoms with van der Waals surface area (Å²) < 4.78 is 43.0. The van der Waals surface area contributed by atoms with Crippen molar-refractivity contribution in [1.82, 2.24) is 9.80 Å². The number of carbonyl (C=O) groups is 2. The number of alkyl halides is 3. The predicted molar refractivity (Wildman–Crippen MR) is 163 cm³/mol. The SMILES string of the molecule is CC(C)c1cccc(C(O)(C(=O)N2CCC(C)(CC3CCN(c4ccc(C(=O)N(C)C)c(Cl)c4)CC3)CC2)C(F)(F)F)c1. The lowest BCUT2D eigenvalue weighted by Gasteiger charge is -2.45. The first-order valence-electron chi connectivity index (χ1n) is 15.0. The quantitative estimate of drug-likeness (QED) is 0.367. The monoisotopic (exact) mass is 621 g/mol. The Labute approximate surface area is 257 Å². The van der Waals surface area contributed by atoms with Crippen molar-refractivity contribution >= 4 is 29.1 Å². The Hall–Kier alpha value is -2.78. The molecule has 0 radical (unpaired) electrons. The fourth-order valence-electron chi connectivity index (χ4n) is 6.42. The van der Waals surface area contributed by atoms with Crippen LogP contribution in [0, 0.1) is 11.3 Å². The normalized spacial score (nSPS) is 19.3. The molecule has 2 aliphatic heterocycles. The van der Waals surface area contributed by atoms with Gasteiger partial charge < -0.3 is 19.8 Å². The lowest BCUT2D eigenvalue weighted by Crippen LogP contribution is -2.57. The molecule has 43 heavy (non-hydrogen) atoms. The molecule has 2 saturated heterocycles. The fourth-order valence-corrected chi connectivity index (χ4v) is 6.68. The van der Waals surface area contributed by atoms with Crippen LogP contribution in [0.2, 0.25) is 5.02 Å². The summed E-state index contributed by atoms with van der Waals surface area (Å²) >= 11 is 6.42. The Bertz CT molecular complexity index is 1320. The molecule has 6 nitrogen and oxygen atoms in total. The molecule has 1 N–H and O–H groups in total. The second-order valence-corrected chi connectivity index (χ2v) is 13.5. The third kappa shape index (κ3) is 6.98. The van der Waals surface area contributed by atoms with Gasteiger partial charge in [-0.05, 0) is 73.1 Å². The van der Waals surface area contributed by atoms with Gasteiger partial charge in [0.05, 0.1) is 10.6 Å². The molecule has 1 unspecified atom stereocenters. The van der Waals surface area contributed by atoms with Gasteiger partial charge in [-0.25, -0.2) is 0 Å². The number of piperidine rings is 2. The van der Waals surface area contributed by atoms with Crippen LogP contribution in [-0.2, 0) is 10.4 Å². The summed E-state index contributed by atoms with van der Waals surface area (Å²) in [6, 6.07) is 11.2. The number of aliphatic hydroxyl groups is 1. The molecular weight excluding hydrogens is 579 g/mol. The van der Waals surface area contributed by atoms with Gasteiger partial charge in [0.15, 0.2) is 0 Å². The second-order valence-electron chi connectivity index (χ2n) is 13.1. The molecule has 10 heteroatoms. The van der Waals surface area contributed by atoms with Crippen LogP contribution in [-0.4, -0.2) is 73.2 Å². The molecule has 2 heterocycles. The van der Waals surface area contributed by atoms with Gasteiger partial charge in [-0.2, -0.15) is 13.2 Å². The van der Waals surface area contributed by atoms with E-state index in [9.17, 15) is 27.9 Å². The molecule has 2 aliphatic rings. The molecule has 0 aliphatic carbocycles. The van der Waals surface area contributed by atoms with Crippen LogP contribution in [0.15, 0.2) is 42.5 Å². The lowest BCUT2D eigenvalue weighted by atomic mass is 9.71. The van der Waals surface area contributed by atoms with Crippen molar-refractivity contribution in [3.63, 3.8) is 0 Å². The second kappa shape index (κ2) is 12.7. The molecule has 0 spiro atoms. The zero-order valence-corrected chi connectivity index (χ0v) is 26.4. The maximum atomic E-state index is 14.3. The van der Waals surface area contributed by atoms with E-state index in [0.29, 0.717) is 34.9 Å². The number of hydrogen-bond donors (Lipinski definition) is 1. The van der Waals surface area contributed by atoms with E-state index in [1.165, 1.54) is 28.0 Å². The van der Waals surface area contributed by atoms with Crippen molar-refractivity contribution in [3.8, 4) is 0 Å². The van der Waals surface area contributed by atoms with Crippen LogP contribution in [0.5, 0.6) is 0 Å². The van der Waals surface area contributed by atoms with E-state index in [2.05, 4.69) is 11.8 Å². The third-order valence-corrected chi connectivity index (χ3v) is 9.61. The molecule has 1 atom stereocenters. The molecule has 0 bridgehead atoms. The summed E-state index contributed by atoms with van der Waals surface area (Å²) in [4.78, 5) is 30.6. The highest BCUT2D eigenvalue weighted by Gasteiger charge is 2.62. The number of anilines is 1. The van der Waals surface area contributed by atoms with Gasteiger partial charge >= 0.3 is 6.18 Å². The maximum absolute atomic E-state index is 14.3. The highest BCUT2D eigenvalue weighted by molar-refractivity contribution is 6.34. The minimum absolute atomic E-state index is 0.0489. The molecule has 2 aromatic carbocycles. The number of hydrogen-bond acceptors (Lipinski definition) is 4. The minimum atomic E-state index is -5.15. The zero-order valence-electron chi connectivity index (χ0n) is 25.7. The first-order chi connectivity index (χ1) is 20.1. The molecule has 2 amide bonds. The first kappa shape index (κ1) is 33.1. The number of benzene rings is 2. The number of nitrogens with zero attached hydrogens (tertiary/aromatic N) is 3.